The Morgan fingerprint density at radius 2 is 2.57 bits per heavy atom. The number of hydrogen-bond acceptors (Lipinski definition) is 3. The van der Waals surface area contributed by atoms with E-state index < -0.39 is 0 Å². The highest BCUT2D eigenvalue weighted by molar-refractivity contribution is 7.10. The van der Waals surface area contributed by atoms with Crippen molar-refractivity contribution in [2.45, 2.75) is 19.8 Å². The van der Waals surface area contributed by atoms with Gasteiger partial charge in [-0.3, -0.25) is 4.79 Å². The molecule has 1 aromatic heterocycles. The molecule has 2 heterocycles. The first-order valence-corrected chi connectivity index (χ1v) is 5.93. The van der Waals surface area contributed by atoms with Crippen molar-refractivity contribution in [1.29, 1.82) is 0 Å². The third-order valence-electron chi connectivity index (χ3n) is 2.69. The lowest BCUT2D eigenvalue weighted by atomic mass is 9.99. The summed E-state index contributed by atoms with van der Waals surface area (Å²) in [5, 5.41) is 5.26. The molecule has 0 radical (unpaired) electrons. The Kier molecular flexibility index (Phi) is 2.99. The molecule has 0 saturated carbocycles. The summed E-state index contributed by atoms with van der Waals surface area (Å²) in [7, 11) is 0. The maximum atomic E-state index is 11.8. The fourth-order valence-electron chi connectivity index (χ4n) is 1.86. The number of carbonyl (C=O) groups is 1. The highest BCUT2D eigenvalue weighted by Crippen LogP contribution is 2.19. The van der Waals surface area contributed by atoms with Gasteiger partial charge >= 0.3 is 0 Å². The number of aryl methyl sites for hydroxylation is 1. The van der Waals surface area contributed by atoms with Crippen LogP contribution < -0.4 is 5.32 Å². The first-order chi connectivity index (χ1) is 6.75. The van der Waals surface area contributed by atoms with Gasteiger partial charge in [-0.15, -0.1) is 11.3 Å². The molecule has 14 heavy (non-hydrogen) atoms. The average molecular weight is 209 g/mol. The zero-order valence-electron chi connectivity index (χ0n) is 8.38. The third kappa shape index (κ3) is 2.22. The van der Waals surface area contributed by atoms with Gasteiger partial charge in [0.2, 0.25) is 0 Å². The van der Waals surface area contributed by atoms with Crippen molar-refractivity contribution in [1.82, 2.24) is 5.32 Å². The minimum Gasteiger partial charge on any atom is -0.316 e. The Hall–Kier alpha value is -0.670. The number of ketones is 1. The molecule has 1 atom stereocenters. The van der Waals surface area contributed by atoms with Crippen LogP contribution >= 0.6 is 11.3 Å². The van der Waals surface area contributed by atoms with E-state index in [1.807, 2.05) is 18.4 Å². The second kappa shape index (κ2) is 4.24. The van der Waals surface area contributed by atoms with Gasteiger partial charge in [0, 0.05) is 22.2 Å². The molecule has 1 aromatic rings. The van der Waals surface area contributed by atoms with Gasteiger partial charge < -0.3 is 5.32 Å². The van der Waals surface area contributed by atoms with Crippen LogP contribution in [0, 0.1) is 12.8 Å². The number of carbonyl (C=O) groups excluding carboxylic acids is 1. The van der Waals surface area contributed by atoms with E-state index in [0.717, 1.165) is 25.1 Å². The molecular formula is C11H15NOS. The van der Waals surface area contributed by atoms with Crippen LogP contribution in [0.3, 0.4) is 0 Å². The number of thiophene rings is 1. The van der Waals surface area contributed by atoms with Gasteiger partial charge in [-0.25, -0.2) is 0 Å². The van der Waals surface area contributed by atoms with E-state index >= 15 is 0 Å². The molecule has 2 rings (SSSR count). The van der Waals surface area contributed by atoms with Crippen LogP contribution in [0.1, 0.15) is 28.1 Å². The van der Waals surface area contributed by atoms with Crippen molar-refractivity contribution in [3.05, 3.63) is 21.9 Å². The molecule has 2 nitrogen and oxygen atoms in total. The second-order valence-corrected chi connectivity index (χ2v) is 5.05. The molecular weight excluding hydrogens is 194 g/mol. The van der Waals surface area contributed by atoms with Crippen molar-refractivity contribution in [2.75, 3.05) is 13.1 Å². The number of Topliss-reactive ketones (excluding diaryl/α,β-unsaturated/α-hetero) is 1. The maximum absolute atomic E-state index is 11.8. The van der Waals surface area contributed by atoms with Gasteiger partial charge in [0.25, 0.3) is 0 Å². The summed E-state index contributed by atoms with van der Waals surface area (Å²) in [6.07, 6.45) is 1.86. The van der Waals surface area contributed by atoms with Crippen molar-refractivity contribution < 1.29 is 4.79 Å². The van der Waals surface area contributed by atoms with Gasteiger partial charge in [0.15, 0.2) is 5.78 Å². The highest BCUT2D eigenvalue weighted by atomic mass is 32.1. The maximum Gasteiger partial charge on any atom is 0.164 e. The van der Waals surface area contributed by atoms with Crippen LogP contribution in [0.5, 0.6) is 0 Å². The summed E-state index contributed by atoms with van der Waals surface area (Å²) in [4.78, 5) is 13.0. The Bertz CT molecular complexity index is 326. The zero-order chi connectivity index (χ0) is 9.97. The number of hydrogen-bond donors (Lipinski definition) is 1. The average Bonchev–Trinajstić information content (AvgIpc) is 2.75. The molecule has 0 aromatic carbocycles. The van der Waals surface area contributed by atoms with Crippen LogP contribution in [0.15, 0.2) is 11.4 Å². The van der Waals surface area contributed by atoms with Crippen LogP contribution in [0.2, 0.25) is 0 Å². The normalized spacial score (nSPS) is 21.4. The molecule has 1 N–H and O–H groups in total. The zero-order valence-corrected chi connectivity index (χ0v) is 9.19. The Morgan fingerprint density at radius 3 is 3.14 bits per heavy atom. The summed E-state index contributed by atoms with van der Waals surface area (Å²) in [6.45, 7) is 4.12. The summed E-state index contributed by atoms with van der Waals surface area (Å²) in [5.41, 5.74) is 0.902. The van der Waals surface area contributed by atoms with Crippen molar-refractivity contribution in [2.24, 2.45) is 5.92 Å². The van der Waals surface area contributed by atoms with Gasteiger partial charge in [-0.2, -0.15) is 0 Å². The number of rotatable bonds is 3. The molecule has 1 fully saturated rings. The Labute approximate surface area is 88.3 Å². The quantitative estimate of drug-likeness (QED) is 0.773. The summed E-state index contributed by atoms with van der Waals surface area (Å²) in [6, 6.07) is 2.00. The minimum absolute atomic E-state index is 0.308. The molecule has 1 saturated heterocycles. The smallest absolute Gasteiger partial charge is 0.164 e. The lowest BCUT2D eigenvalue weighted by Crippen LogP contribution is -2.12. The standard InChI is InChI=1S/C11H15NOS/c1-8-4-10(7-14-8)11(13)5-9-2-3-12-6-9/h4,7,9,12H,2-3,5-6H2,1H3. The van der Waals surface area contributed by atoms with E-state index in [-0.39, 0.29) is 0 Å². The lowest BCUT2D eigenvalue weighted by molar-refractivity contribution is 0.0965. The molecule has 0 spiro atoms. The van der Waals surface area contributed by atoms with Crippen LogP contribution in [0.25, 0.3) is 0 Å². The van der Waals surface area contributed by atoms with E-state index in [1.165, 1.54) is 4.88 Å². The topological polar surface area (TPSA) is 29.1 Å². The molecule has 3 heteroatoms. The largest absolute Gasteiger partial charge is 0.316 e. The second-order valence-electron chi connectivity index (χ2n) is 3.93. The molecule has 1 aliphatic rings. The van der Waals surface area contributed by atoms with Gasteiger partial charge in [-0.05, 0) is 38.4 Å². The molecule has 1 unspecified atom stereocenters. The summed E-state index contributed by atoms with van der Waals surface area (Å²) in [5.74, 6) is 0.866. The predicted molar refractivity (Wildman–Crippen MR) is 59.0 cm³/mol. The first-order valence-electron chi connectivity index (χ1n) is 5.05. The summed E-state index contributed by atoms with van der Waals surface area (Å²) < 4.78 is 0. The highest BCUT2D eigenvalue weighted by Gasteiger charge is 2.19. The van der Waals surface area contributed by atoms with Gasteiger partial charge in [-0.1, -0.05) is 0 Å². The van der Waals surface area contributed by atoms with Crippen LogP contribution in [-0.4, -0.2) is 18.9 Å². The SMILES string of the molecule is Cc1cc(C(=O)CC2CCNC2)cs1. The van der Waals surface area contributed by atoms with E-state index in [9.17, 15) is 4.79 Å². The van der Waals surface area contributed by atoms with Crippen molar-refractivity contribution in [3.63, 3.8) is 0 Å². The van der Waals surface area contributed by atoms with Crippen molar-refractivity contribution in [3.8, 4) is 0 Å². The molecule has 76 valence electrons. The van der Waals surface area contributed by atoms with E-state index in [0.29, 0.717) is 18.1 Å². The monoisotopic (exact) mass is 209 g/mol. The van der Waals surface area contributed by atoms with E-state index in [2.05, 4.69) is 5.32 Å². The van der Waals surface area contributed by atoms with E-state index in [4.69, 9.17) is 0 Å². The third-order valence-corrected chi connectivity index (χ3v) is 3.55. The Balaban J connectivity index is 1.95. The summed E-state index contributed by atoms with van der Waals surface area (Å²) >= 11 is 1.65. The van der Waals surface area contributed by atoms with Crippen LogP contribution in [0.4, 0.5) is 0 Å². The van der Waals surface area contributed by atoms with Crippen molar-refractivity contribution >= 4 is 17.1 Å². The fourth-order valence-corrected chi connectivity index (χ4v) is 2.57. The van der Waals surface area contributed by atoms with Gasteiger partial charge in [0.1, 0.15) is 0 Å². The predicted octanol–water partition coefficient (Wildman–Crippen LogP) is 2.24. The van der Waals surface area contributed by atoms with E-state index in [1.54, 1.807) is 11.3 Å². The first kappa shape index (κ1) is 9.87. The molecule has 0 aliphatic carbocycles. The number of nitrogens with one attached hydrogen (secondary N) is 1. The molecule has 0 bridgehead atoms. The Morgan fingerprint density at radius 1 is 1.71 bits per heavy atom. The molecule has 0 amide bonds. The van der Waals surface area contributed by atoms with Gasteiger partial charge in [0.05, 0.1) is 0 Å². The molecule has 1 aliphatic heterocycles. The lowest BCUT2D eigenvalue weighted by Gasteiger charge is -2.04. The van der Waals surface area contributed by atoms with Crippen LogP contribution in [-0.2, 0) is 0 Å². The fraction of sp³-hybridized carbons (Fsp3) is 0.545. The minimum atomic E-state index is 0.308.